The summed E-state index contributed by atoms with van der Waals surface area (Å²) in [7, 11) is 0. The number of benzene rings is 1. The first-order valence-electron chi connectivity index (χ1n) is 5.83. The zero-order valence-corrected chi connectivity index (χ0v) is 10.1. The molecule has 0 spiro atoms. The SMILES string of the molecule is CCSc1ccc(CCNC2CC2)cc1. The smallest absolute Gasteiger partial charge is 0.00720 e. The summed E-state index contributed by atoms with van der Waals surface area (Å²) in [6.07, 6.45) is 3.92. The first-order chi connectivity index (χ1) is 7.38. The summed E-state index contributed by atoms with van der Waals surface area (Å²) in [6, 6.07) is 9.82. The van der Waals surface area contributed by atoms with E-state index in [1.807, 2.05) is 11.8 Å². The van der Waals surface area contributed by atoms with Crippen LogP contribution in [-0.2, 0) is 6.42 Å². The number of hydrogen-bond donors (Lipinski definition) is 1. The first kappa shape index (κ1) is 11.0. The quantitative estimate of drug-likeness (QED) is 0.741. The minimum absolute atomic E-state index is 0.833. The standard InChI is InChI=1S/C13H19NS/c1-2-15-13-7-3-11(4-8-13)9-10-14-12-5-6-12/h3-4,7-8,12,14H,2,5-6,9-10H2,1H3. The maximum absolute atomic E-state index is 3.54. The van der Waals surface area contributed by atoms with Crippen molar-refractivity contribution in [2.45, 2.75) is 37.1 Å². The van der Waals surface area contributed by atoms with Crippen LogP contribution in [0.3, 0.4) is 0 Å². The Hall–Kier alpha value is -0.470. The maximum Gasteiger partial charge on any atom is 0.00720 e. The number of hydrogen-bond acceptors (Lipinski definition) is 2. The molecule has 0 amide bonds. The molecule has 0 atom stereocenters. The molecule has 0 heterocycles. The number of thioether (sulfide) groups is 1. The molecule has 0 radical (unpaired) electrons. The van der Waals surface area contributed by atoms with Crippen LogP contribution < -0.4 is 5.32 Å². The summed E-state index contributed by atoms with van der Waals surface area (Å²) in [6.45, 7) is 3.32. The fourth-order valence-electron chi connectivity index (χ4n) is 1.63. The van der Waals surface area contributed by atoms with E-state index in [0.29, 0.717) is 0 Å². The Balaban J connectivity index is 1.75. The van der Waals surface area contributed by atoms with Crippen LogP contribution in [0, 0.1) is 0 Å². The fourth-order valence-corrected chi connectivity index (χ4v) is 2.29. The van der Waals surface area contributed by atoms with Crippen molar-refractivity contribution in [2.75, 3.05) is 12.3 Å². The predicted octanol–water partition coefficient (Wildman–Crippen LogP) is 3.09. The predicted molar refractivity (Wildman–Crippen MR) is 67.6 cm³/mol. The lowest BCUT2D eigenvalue weighted by molar-refractivity contribution is 0.682. The van der Waals surface area contributed by atoms with Crippen molar-refractivity contribution >= 4 is 11.8 Å². The van der Waals surface area contributed by atoms with Gasteiger partial charge in [0.1, 0.15) is 0 Å². The lowest BCUT2D eigenvalue weighted by Gasteiger charge is -2.04. The van der Waals surface area contributed by atoms with Gasteiger partial charge in [-0.3, -0.25) is 0 Å². The molecule has 1 saturated carbocycles. The first-order valence-corrected chi connectivity index (χ1v) is 6.82. The van der Waals surface area contributed by atoms with Crippen LogP contribution >= 0.6 is 11.8 Å². The van der Waals surface area contributed by atoms with Crippen molar-refractivity contribution in [3.63, 3.8) is 0 Å². The molecule has 0 aliphatic heterocycles. The van der Waals surface area contributed by atoms with Crippen molar-refractivity contribution < 1.29 is 0 Å². The number of nitrogens with one attached hydrogen (secondary N) is 1. The maximum atomic E-state index is 3.54. The Bertz CT molecular complexity index is 290. The molecule has 1 N–H and O–H groups in total. The van der Waals surface area contributed by atoms with Gasteiger partial charge in [-0.2, -0.15) is 0 Å². The van der Waals surface area contributed by atoms with E-state index in [-0.39, 0.29) is 0 Å². The largest absolute Gasteiger partial charge is 0.314 e. The molecular formula is C13H19NS. The van der Waals surface area contributed by atoms with Gasteiger partial charge in [-0.1, -0.05) is 19.1 Å². The molecule has 2 heteroatoms. The van der Waals surface area contributed by atoms with Gasteiger partial charge < -0.3 is 5.32 Å². The van der Waals surface area contributed by atoms with Gasteiger partial charge in [-0.05, 0) is 49.3 Å². The fraction of sp³-hybridized carbons (Fsp3) is 0.538. The molecule has 15 heavy (non-hydrogen) atoms. The Morgan fingerprint density at radius 2 is 2.00 bits per heavy atom. The summed E-state index contributed by atoms with van der Waals surface area (Å²) in [4.78, 5) is 1.39. The van der Waals surface area contributed by atoms with Gasteiger partial charge in [0, 0.05) is 10.9 Å². The molecule has 0 bridgehead atoms. The monoisotopic (exact) mass is 221 g/mol. The normalized spacial score (nSPS) is 15.5. The summed E-state index contributed by atoms with van der Waals surface area (Å²) >= 11 is 1.91. The van der Waals surface area contributed by atoms with E-state index in [1.54, 1.807) is 0 Å². The lowest BCUT2D eigenvalue weighted by Crippen LogP contribution is -2.19. The zero-order chi connectivity index (χ0) is 10.5. The average Bonchev–Trinajstić information content (AvgIpc) is 3.05. The van der Waals surface area contributed by atoms with Gasteiger partial charge >= 0.3 is 0 Å². The van der Waals surface area contributed by atoms with Crippen LogP contribution in [0.5, 0.6) is 0 Å². The summed E-state index contributed by atoms with van der Waals surface area (Å²) < 4.78 is 0. The highest BCUT2D eigenvalue weighted by Gasteiger charge is 2.19. The molecule has 1 nitrogen and oxygen atoms in total. The van der Waals surface area contributed by atoms with Crippen LogP contribution in [0.15, 0.2) is 29.2 Å². The number of rotatable bonds is 6. The van der Waals surface area contributed by atoms with Crippen LogP contribution in [-0.4, -0.2) is 18.3 Å². The van der Waals surface area contributed by atoms with E-state index < -0.39 is 0 Å². The van der Waals surface area contributed by atoms with E-state index in [2.05, 4.69) is 36.5 Å². The third-order valence-corrected chi connectivity index (χ3v) is 3.55. The summed E-state index contributed by atoms with van der Waals surface area (Å²) in [5.41, 5.74) is 1.45. The highest BCUT2D eigenvalue weighted by atomic mass is 32.2. The summed E-state index contributed by atoms with van der Waals surface area (Å²) in [5.74, 6) is 1.16. The van der Waals surface area contributed by atoms with E-state index in [9.17, 15) is 0 Å². The highest BCUT2D eigenvalue weighted by Crippen LogP contribution is 2.19. The minimum Gasteiger partial charge on any atom is -0.314 e. The molecule has 2 rings (SSSR count). The van der Waals surface area contributed by atoms with E-state index in [1.165, 1.54) is 23.3 Å². The molecule has 1 aromatic carbocycles. The average molecular weight is 221 g/mol. The second-order valence-electron chi connectivity index (χ2n) is 4.06. The lowest BCUT2D eigenvalue weighted by atomic mass is 10.1. The summed E-state index contributed by atoms with van der Waals surface area (Å²) in [5, 5.41) is 3.54. The van der Waals surface area contributed by atoms with Gasteiger partial charge in [0.25, 0.3) is 0 Å². The van der Waals surface area contributed by atoms with Crippen molar-refractivity contribution in [1.82, 2.24) is 5.32 Å². The van der Waals surface area contributed by atoms with Gasteiger partial charge in [0.15, 0.2) is 0 Å². The molecule has 1 aliphatic carbocycles. The van der Waals surface area contributed by atoms with E-state index in [4.69, 9.17) is 0 Å². The highest BCUT2D eigenvalue weighted by molar-refractivity contribution is 7.99. The van der Waals surface area contributed by atoms with Gasteiger partial charge in [0.05, 0.1) is 0 Å². The van der Waals surface area contributed by atoms with Crippen molar-refractivity contribution in [3.05, 3.63) is 29.8 Å². The molecule has 0 unspecified atom stereocenters. The molecule has 0 aromatic heterocycles. The Morgan fingerprint density at radius 1 is 1.27 bits per heavy atom. The molecule has 1 aromatic rings. The van der Waals surface area contributed by atoms with Gasteiger partial charge in [-0.15, -0.1) is 11.8 Å². The van der Waals surface area contributed by atoms with Crippen LogP contribution in [0.4, 0.5) is 0 Å². The van der Waals surface area contributed by atoms with Crippen LogP contribution in [0.1, 0.15) is 25.3 Å². The molecule has 82 valence electrons. The zero-order valence-electron chi connectivity index (χ0n) is 9.33. The van der Waals surface area contributed by atoms with E-state index in [0.717, 1.165) is 24.8 Å². The Labute approximate surface area is 96.7 Å². The topological polar surface area (TPSA) is 12.0 Å². The van der Waals surface area contributed by atoms with Crippen LogP contribution in [0.25, 0.3) is 0 Å². The van der Waals surface area contributed by atoms with Gasteiger partial charge in [-0.25, -0.2) is 0 Å². The third kappa shape index (κ3) is 3.88. The van der Waals surface area contributed by atoms with Crippen LogP contribution in [0.2, 0.25) is 0 Å². The van der Waals surface area contributed by atoms with Crippen molar-refractivity contribution in [3.8, 4) is 0 Å². The minimum atomic E-state index is 0.833. The van der Waals surface area contributed by atoms with Gasteiger partial charge in [0.2, 0.25) is 0 Å². The molecular weight excluding hydrogens is 202 g/mol. The molecule has 1 aliphatic rings. The second-order valence-corrected chi connectivity index (χ2v) is 5.39. The molecule has 0 saturated heterocycles. The third-order valence-electron chi connectivity index (χ3n) is 2.66. The van der Waals surface area contributed by atoms with Crippen molar-refractivity contribution in [2.24, 2.45) is 0 Å². The molecule has 1 fully saturated rings. The van der Waals surface area contributed by atoms with Crippen molar-refractivity contribution in [1.29, 1.82) is 0 Å². The van der Waals surface area contributed by atoms with E-state index >= 15 is 0 Å². The Morgan fingerprint density at radius 3 is 2.60 bits per heavy atom. The second kappa shape index (κ2) is 5.57. The Kier molecular flexibility index (Phi) is 4.09.